The van der Waals surface area contributed by atoms with Crippen LogP contribution in [0.4, 0.5) is 0 Å². The molecule has 3 aromatic rings. The Bertz CT molecular complexity index is 1430. The Balaban J connectivity index is 2.08. The molecule has 0 unspecified atom stereocenters. The Morgan fingerprint density at radius 1 is 0.909 bits per heavy atom. The van der Waals surface area contributed by atoms with Crippen LogP contribution >= 0.6 is 46.6 Å². The lowest BCUT2D eigenvalue weighted by Crippen LogP contribution is -2.20. The molecule has 0 saturated heterocycles. The Hall–Kier alpha value is -1.79. The van der Waals surface area contributed by atoms with Gasteiger partial charge >= 0.3 is 0 Å². The molecule has 0 saturated carbocycles. The van der Waals surface area contributed by atoms with E-state index in [2.05, 4.69) is 9.93 Å². The lowest BCUT2D eigenvalue weighted by molar-refractivity contribution is 0.584. The Morgan fingerprint density at radius 2 is 1.45 bits per heavy atom. The van der Waals surface area contributed by atoms with Crippen molar-refractivity contribution in [1.82, 2.24) is 4.83 Å². The molecule has 0 aliphatic heterocycles. The van der Waals surface area contributed by atoms with Crippen molar-refractivity contribution < 1.29 is 16.8 Å². The first-order chi connectivity index (χ1) is 15.4. The van der Waals surface area contributed by atoms with Gasteiger partial charge in [-0.25, -0.2) is 13.6 Å². The Labute approximate surface area is 211 Å². The van der Waals surface area contributed by atoms with Crippen molar-refractivity contribution in [3.63, 3.8) is 0 Å². The highest BCUT2D eigenvalue weighted by Crippen LogP contribution is 2.34. The van der Waals surface area contributed by atoms with Crippen LogP contribution in [0.5, 0.6) is 0 Å². The summed E-state index contributed by atoms with van der Waals surface area (Å²) in [5.74, 6) is 0. The van der Waals surface area contributed by atoms with Gasteiger partial charge in [0.2, 0.25) is 10.0 Å². The van der Waals surface area contributed by atoms with Crippen LogP contribution in [-0.4, -0.2) is 21.9 Å². The van der Waals surface area contributed by atoms with Crippen molar-refractivity contribution in [2.75, 3.05) is 0 Å². The fourth-order valence-electron chi connectivity index (χ4n) is 2.55. The number of rotatable bonds is 6. The third-order valence-corrected chi connectivity index (χ3v) is 8.51. The molecule has 7 nitrogen and oxygen atoms in total. The number of thioether (sulfide) groups is 1. The van der Waals surface area contributed by atoms with E-state index in [0.717, 1.165) is 11.8 Å². The molecule has 33 heavy (non-hydrogen) atoms. The number of nitrogens with two attached hydrogens (primary N) is 1. The van der Waals surface area contributed by atoms with E-state index in [1.54, 1.807) is 31.2 Å². The van der Waals surface area contributed by atoms with Gasteiger partial charge in [0.05, 0.1) is 9.79 Å². The zero-order chi connectivity index (χ0) is 24.4. The fourth-order valence-corrected chi connectivity index (χ4v) is 5.94. The lowest BCUT2D eigenvalue weighted by atomic mass is 10.2. The maximum absolute atomic E-state index is 12.7. The quantitative estimate of drug-likeness (QED) is 0.188. The fraction of sp³-hybridized carbons (Fsp3) is 0.0500. The van der Waals surface area contributed by atoms with E-state index in [1.807, 2.05) is 0 Å². The molecular formula is C20H16Cl3N3O4S3. The van der Waals surface area contributed by atoms with Gasteiger partial charge in [0.15, 0.2) is 0 Å². The molecule has 13 heteroatoms. The number of hydrogen-bond acceptors (Lipinski definition) is 6. The normalized spacial score (nSPS) is 12.6. The minimum Gasteiger partial charge on any atom is -0.225 e. The van der Waals surface area contributed by atoms with Crippen LogP contribution in [0.25, 0.3) is 0 Å². The van der Waals surface area contributed by atoms with E-state index in [9.17, 15) is 16.8 Å². The number of nitrogens with zero attached hydrogens (tertiary/aromatic N) is 1. The summed E-state index contributed by atoms with van der Waals surface area (Å²) < 4.78 is 49.7. The number of primary sulfonamides is 1. The lowest BCUT2D eigenvalue weighted by Gasteiger charge is -2.13. The zero-order valence-corrected chi connectivity index (χ0v) is 21.5. The molecule has 0 aliphatic carbocycles. The van der Waals surface area contributed by atoms with Crippen molar-refractivity contribution in [3.05, 3.63) is 86.9 Å². The largest absolute Gasteiger partial charge is 0.276 e. The molecule has 0 bridgehead atoms. The van der Waals surface area contributed by atoms with Gasteiger partial charge in [0.1, 0.15) is 5.04 Å². The van der Waals surface area contributed by atoms with Crippen molar-refractivity contribution in [3.8, 4) is 0 Å². The second-order valence-corrected chi connectivity index (χ2v) is 12.2. The molecule has 0 radical (unpaired) electrons. The van der Waals surface area contributed by atoms with E-state index < -0.39 is 20.0 Å². The third-order valence-electron chi connectivity index (χ3n) is 4.22. The minimum atomic E-state index is -4.10. The Kier molecular flexibility index (Phi) is 8.00. The van der Waals surface area contributed by atoms with Crippen LogP contribution in [0.1, 0.15) is 11.1 Å². The minimum absolute atomic E-state index is 0.0558. The van der Waals surface area contributed by atoms with Crippen molar-refractivity contribution in [2.24, 2.45) is 10.2 Å². The number of hydrazone groups is 1. The number of aryl methyl sites for hydroxylation is 1. The topological polar surface area (TPSA) is 119 Å². The highest BCUT2D eigenvalue weighted by atomic mass is 35.5. The van der Waals surface area contributed by atoms with Crippen LogP contribution in [0.2, 0.25) is 15.1 Å². The van der Waals surface area contributed by atoms with Crippen molar-refractivity contribution in [1.29, 1.82) is 0 Å². The molecule has 0 atom stereocenters. The van der Waals surface area contributed by atoms with Gasteiger partial charge in [-0.2, -0.15) is 18.4 Å². The summed E-state index contributed by atoms with van der Waals surface area (Å²) >= 11 is 18.9. The first-order valence-corrected chi connectivity index (χ1v) is 14.0. The SMILES string of the molecule is Cc1cc(S(N)(=O)=O)c(S/C(=N\NS(=O)(=O)c2ccc(Cl)cc2)c2ccc(Cl)cc2)cc1Cl. The molecule has 3 N–H and O–H groups in total. The smallest absolute Gasteiger partial charge is 0.225 e. The van der Waals surface area contributed by atoms with Gasteiger partial charge in [0, 0.05) is 25.5 Å². The van der Waals surface area contributed by atoms with E-state index >= 15 is 0 Å². The number of halogens is 3. The van der Waals surface area contributed by atoms with Gasteiger partial charge in [-0.1, -0.05) is 58.7 Å². The average Bonchev–Trinajstić information content (AvgIpc) is 2.73. The van der Waals surface area contributed by atoms with Crippen LogP contribution in [-0.2, 0) is 20.0 Å². The molecule has 0 spiro atoms. The van der Waals surface area contributed by atoms with Gasteiger partial charge < -0.3 is 0 Å². The maximum atomic E-state index is 12.7. The predicted molar refractivity (Wildman–Crippen MR) is 133 cm³/mol. The second kappa shape index (κ2) is 10.2. The summed E-state index contributed by atoms with van der Waals surface area (Å²) in [6.45, 7) is 1.64. The van der Waals surface area contributed by atoms with Crippen LogP contribution in [0, 0.1) is 6.92 Å². The summed E-state index contributed by atoms with van der Waals surface area (Å²) in [6, 6.07) is 14.7. The van der Waals surface area contributed by atoms with Crippen molar-refractivity contribution >= 4 is 71.7 Å². The number of sulfonamides is 2. The molecular weight excluding hydrogens is 549 g/mol. The summed E-state index contributed by atoms with van der Waals surface area (Å²) in [5, 5.41) is 10.7. The molecule has 0 amide bonds. The highest BCUT2D eigenvalue weighted by Gasteiger charge is 2.20. The van der Waals surface area contributed by atoms with Gasteiger partial charge in [-0.3, -0.25) is 0 Å². The molecule has 3 aromatic carbocycles. The maximum Gasteiger partial charge on any atom is 0.276 e. The second-order valence-electron chi connectivity index (χ2n) is 6.67. The first kappa shape index (κ1) is 25.8. The van der Waals surface area contributed by atoms with Crippen LogP contribution in [0.15, 0.2) is 80.5 Å². The van der Waals surface area contributed by atoms with Crippen LogP contribution < -0.4 is 9.97 Å². The molecule has 174 valence electrons. The molecule has 0 fully saturated rings. The van der Waals surface area contributed by atoms with Gasteiger partial charge in [0.25, 0.3) is 10.0 Å². The summed E-state index contributed by atoms with van der Waals surface area (Å²) in [5.41, 5.74) is 0.985. The first-order valence-electron chi connectivity index (χ1n) is 8.98. The van der Waals surface area contributed by atoms with Gasteiger partial charge in [-0.15, -0.1) is 0 Å². The molecule has 0 aromatic heterocycles. The standard InChI is InChI=1S/C20H16Cl3N3O4S3/c1-12-10-19(32(24,27)28)18(11-17(12)23)31-20(13-2-4-14(21)5-3-13)25-26-33(29,30)16-8-6-15(22)7-9-16/h2-11,26H,1H3,(H2,24,27,28)/b25-20-. The predicted octanol–water partition coefficient (Wildman–Crippen LogP) is 5.04. The van der Waals surface area contributed by atoms with Gasteiger partial charge in [-0.05, 0) is 61.0 Å². The molecule has 3 rings (SSSR count). The monoisotopic (exact) mass is 563 g/mol. The van der Waals surface area contributed by atoms with E-state index in [0.29, 0.717) is 26.2 Å². The van der Waals surface area contributed by atoms with E-state index in [-0.39, 0.29) is 19.7 Å². The van der Waals surface area contributed by atoms with Crippen LogP contribution in [0.3, 0.4) is 0 Å². The summed E-state index contributed by atoms with van der Waals surface area (Å²) in [4.78, 5) is 2.11. The molecule has 0 heterocycles. The summed E-state index contributed by atoms with van der Waals surface area (Å²) in [7, 11) is -8.14. The van der Waals surface area contributed by atoms with E-state index in [4.69, 9.17) is 39.9 Å². The number of hydrogen-bond donors (Lipinski definition) is 2. The number of nitrogens with one attached hydrogen (secondary N) is 1. The highest BCUT2D eigenvalue weighted by molar-refractivity contribution is 8.14. The number of benzene rings is 3. The van der Waals surface area contributed by atoms with Crippen molar-refractivity contribution in [2.45, 2.75) is 21.6 Å². The third kappa shape index (κ3) is 6.63. The average molecular weight is 565 g/mol. The zero-order valence-electron chi connectivity index (χ0n) is 16.8. The summed E-state index contributed by atoms with van der Waals surface area (Å²) in [6.07, 6.45) is 0. The molecule has 0 aliphatic rings. The van der Waals surface area contributed by atoms with E-state index in [1.165, 1.54) is 36.4 Å². The Morgan fingerprint density at radius 3 is 2.00 bits per heavy atom.